The molecule has 452 valence electrons. The maximum atomic E-state index is 12.7. The number of aliphatic hydroxyl groups excluding tert-OH is 14. The van der Waals surface area contributed by atoms with Crippen molar-refractivity contribution < 1.29 is 114 Å². The van der Waals surface area contributed by atoms with Crippen LogP contribution in [0, 0.1) is 45.3 Å². The van der Waals surface area contributed by atoms with Crippen LogP contribution in [0.2, 0.25) is 0 Å². The summed E-state index contributed by atoms with van der Waals surface area (Å²) in [7, 11) is 0. The van der Waals surface area contributed by atoms with Crippen LogP contribution in [0.15, 0.2) is 11.6 Å². The summed E-state index contributed by atoms with van der Waals surface area (Å²) in [5.74, 6) is 0.386. The molecule has 0 radical (unpaired) electrons. The highest BCUT2D eigenvalue weighted by atomic mass is 16.8. The van der Waals surface area contributed by atoms with E-state index < -0.39 is 171 Å². The van der Waals surface area contributed by atoms with Crippen LogP contribution >= 0.6 is 0 Å². The molecule has 3 saturated carbocycles. The summed E-state index contributed by atoms with van der Waals surface area (Å²) in [6.45, 7) is 16.5. The van der Waals surface area contributed by atoms with Crippen LogP contribution in [-0.4, -0.2) is 243 Å². The van der Waals surface area contributed by atoms with Crippen molar-refractivity contribution >= 4 is 0 Å². The fourth-order valence-corrected chi connectivity index (χ4v) is 15.8. The molecule has 7 fully saturated rings. The molecule has 23 nitrogen and oxygen atoms in total. The van der Waals surface area contributed by atoms with Crippen LogP contribution in [0.4, 0.5) is 0 Å². The third kappa shape index (κ3) is 11.1. The summed E-state index contributed by atoms with van der Waals surface area (Å²) in [5.41, 5.74) is -1.88. The molecule has 78 heavy (non-hydrogen) atoms. The quantitative estimate of drug-likeness (QED) is 0.0714. The van der Waals surface area contributed by atoms with Crippen LogP contribution in [0.1, 0.15) is 120 Å². The Bertz CT molecular complexity index is 2020. The van der Waals surface area contributed by atoms with Crippen molar-refractivity contribution in [2.75, 3.05) is 19.8 Å². The number of aliphatic hydroxyl groups is 15. The lowest BCUT2D eigenvalue weighted by Gasteiger charge is -2.67. The van der Waals surface area contributed by atoms with Crippen LogP contribution < -0.4 is 0 Å². The van der Waals surface area contributed by atoms with E-state index in [1.807, 2.05) is 0 Å². The lowest BCUT2D eigenvalue weighted by atomic mass is 9.38. The first-order chi connectivity index (χ1) is 36.4. The van der Waals surface area contributed by atoms with Crippen molar-refractivity contribution in [2.24, 2.45) is 45.3 Å². The average molecular weight is 1120 g/mol. The Morgan fingerprint density at radius 3 is 1.77 bits per heavy atom. The molecule has 4 aliphatic heterocycles. The van der Waals surface area contributed by atoms with Crippen LogP contribution in [0.3, 0.4) is 0 Å². The van der Waals surface area contributed by atoms with Gasteiger partial charge in [-0.3, -0.25) is 0 Å². The molecule has 8 aliphatic rings. The molecule has 23 heteroatoms. The number of allylic oxidation sites excluding steroid dienone is 1. The molecular formula is C55H94O23. The zero-order chi connectivity index (χ0) is 57.5. The van der Waals surface area contributed by atoms with Gasteiger partial charge in [0.25, 0.3) is 0 Å². The second-order valence-electron chi connectivity index (χ2n) is 26.2. The highest BCUT2D eigenvalue weighted by molar-refractivity contribution is 5.32. The van der Waals surface area contributed by atoms with Gasteiger partial charge in [0.05, 0.1) is 55.9 Å². The molecule has 8 rings (SSSR count). The van der Waals surface area contributed by atoms with Crippen LogP contribution in [0.5, 0.6) is 0 Å². The van der Waals surface area contributed by atoms with E-state index in [0.717, 1.165) is 18.4 Å². The number of fused-ring (bicyclic) bond motifs is 5. The molecular weight excluding hydrogens is 1030 g/mol. The Morgan fingerprint density at radius 2 is 1.18 bits per heavy atom. The van der Waals surface area contributed by atoms with E-state index >= 15 is 0 Å². The van der Waals surface area contributed by atoms with Gasteiger partial charge in [0.2, 0.25) is 0 Å². The SMILES string of the molecule is C[C@H](CC[C@@H](O[C@@H]1O[C@H](C)[C@@H](O)[C@H](O)[C@H]1O[C@H]1O[C@@H](CO)[C@H](O)[C@@H](O)[C@@H]1O)C(C)(C)O)C1CC[C@@]2(C)C3CC=C4C(CC[C@H](O[C@@H]5O[C@H](CCO[C@H]6O[C@H](CO)[C@@H](O)[C@H](O)[C@H]6O)[C@@H](O)[C@H](O)[C@H]5O)C4(C)C)[C@]3(C)[C@H](O)C[C@]12C. The number of rotatable bonds is 17. The van der Waals surface area contributed by atoms with E-state index in [9.17, 15) is 76.6 Å². The molecule has 3 unspecified atom stereocenters. The summed E-state index contributed by atoms with van der Waals surface area (Å²) < 4.78 is 47.8. The normalized spacial score (nSPS) is 51.4. The maximum Gasteiger partial charge on any atom is 0.187 e. The molecule has 0 amide bonds. The predicted octanol–water partition coefficient (Wildman–Crippen LogP) is -1.81. The van der Waals surface area contributed by atoms with Crippen molar-refractivity contribution in [1.29, 1.82) is 0 Å². The number of ether oxygens (including phenoxy) is 8. The fourth-order valence-electron chi connectivity index (χ4n) is 15.8. The van der Waals surface area contributed by atoms with Gasteiger partial charge < -0.3 is 114 Å². The van der Waals surface area contributed by atoms with Crippen LogP contribution in [-0.2, 0) is 37.9 Å². The standard InChI is InChI=1S/C55H94O23/c1-23(10-14-34(52(5,6)70)77-50-46(42(66)35(59)24(2)72-50)78-49-45(69)41(65)38(62)30(22-57)75-49)25-16-18-53(7)31-13-11-26-27(55(31,9)32(58)20-54(25,53)8)12-15-33(51(26,3)4)76-48-44(68)39(63)36(60)28(73-48)17-19-71-47-43(67)40(64)37(61)29(21-56)74-47/h11,23-25,27-50,56-70H,10,12-22H2,1-9H3/t23-,24-,25?,27?,28-,29-,30+,31?,32-,33+,34-,35-,36-,37-,38+,39+,40+,41-,42+,43-,44-,45+,46-,47+,48+,49-,50+,53+,54-,55+/m1/s1. The molecule has 0 aromatic heterocycles. The average Bonchev–Trinajstić information content (AvgIpc) is 3.89. The van der Waals surface area contributed by atoms with Crippen molar-refractivity contribution in [3.8, 4) is 0 Å². The third-order valence-corrected chi connectivity index (χ3v) is 21.0. The van der Waals surface area contributed by atoms with Gasteiger partial charge in [0.1, 0.15) is 85.5 Å². The van der Waals surface area contributed by atoms with E-state index in [1.165, 1.54) is 6.92 Å². The molecule has 0 aromatic rings. The molecule has 15 N–H and O–H groups in total. The number of hydrogen-bond acceptors (Lipinski definition) is 23. The van der Waals surface area contributed by atoms with Crippen LogP contribution in [0.25, 0.3) is 0 Å². The smallest absolute Gasteiger partial charge is 0.187 e. The fraction of sp³-hybridized carbons (Fsp3) is 0.964. The zero-order valence-electron chi connectivity index (χ0n) is 46.6. The summed E-state index contributed by atoms with van der Waals surface area (Å²) in [4.78, 5) is 0. The lowest BCUT2D eigenvalue weighted by Crippen LogP contribution is -2.65. The zero-order valence-corrected chi connectivity index (χ0v) is 46.6. The highest BCUT2D eigenvalue weighted by Gasteiger charge is 2.70. The van der Waals surface area contributed by atoms with E-state index in [-0.39, 0.29) is 47.5 Å². The molecule has 4 saturated heterocycles. The summed E-state index contributed by atoms with van der Waals surface area (Å²) in [6.07, 6.45) is -24.2. The van der Waals surface area contributed by atoms with Gasteiger partial charge in [-0.2, -0.15) is 0 Å². The Hall–Kier alpha value is -1.18. The number of hydrogen-bond donors (Lipinski definition) is 15. The van der Waals surface area contributed by atoms with E-state index in [4.69, 9.17) is 37.9 Å². The van der Waals surface area contributed by atoms with Gasteiger partial charge in [-0.1, -0.05) is 53.2 Å². The summed E-state index contributed by atoms with van der Waals surface area (Å²) in [6, 6.07) is 0. The second-order valence-corrected chi connectivity index (χ2v) is 26.2. The van der Waals surface area contributed by atoms with Crippen molar-refractivity contribution in [2.45, 2.75) is 267 Å². The first kappa shape index (κ1) is 62.9. The molecule has 30 atom stereocenters. The Labute approximate surface area is 457 Å². The first-order valence-electron chi connectivity index (χ1n) is 28.4. The molecule has 4 aliphatic carbocycles. The Balaban J connectivity index is 0.924. The maximum absolute atomic E-state index is 12.7. The monoisotopic (exact) mass is 1120 g/mol. The predicted molar refractivity (Wildman–Crippen MR) is 271 cm³/mol. The third-order valence-electron chi connectivity index (χ3n) is 21.0. The van der Waals surface area contributed by atoms with Crippen molar-refractivity contribution in [1.82, 2.24) is 0 Å². The molecule has 0 spiro atoms. The minimum Gasteiger partial charge on any atom is -0.394 e. The minimum absolute atomic E-state index is 0.00145. The van der Waals surface area contributed by atoms with Gasteiger partial charge in [-0.25, -0.2) is 0 Å². The van der Waals surface area contributed by atoms with E-state index in [1.54, 1.807) is 13.8 Å². The van der Waals surface area contributed by atoms with E-state index in [0.29, 0.717) is 38.5 Å². The van der Waals surface area contributed by atoms with Crippen molar-refractivity contribution in [3.05, 3.63) is 11.6 Å². The van der Waals surface area contributed by atoms with E-state index in [2.05, 4.69) is 47.6 Å². The Morgan fingerprint density at radius 1 is 0.628 bits per heavy atom. The molecule has 0 aromatic carbocycles. The topological polar surface area (TPSA) is 377 Å². The van der Waals surface area contributed by atoms with Gasteiger partial charge in [0, 0.05) is 10.8 Å². The minimum atomic E-state index is -1.80. The molecule has 0 bridgehead atoms. The van der Waals surface area contributed by atoms with Gasteiger partial charge in [-0.05, 0) is 113 Å². The lowest BCUT2D eigenvalue weighted by molar-refractivity contribution is -0.373. The van der Waals surface area contributed by atoms with Gasteiger partial charge in [0.15, 0.2) is 25.2 Å². The van der Waals surface area contributed by atoms with Gasteiger partial charge in [-0.15, -0.1) is 0 Å². The molecule has 4 heterocycles. The summed E-state index contributed by atoms with van der Waals surface area (Å²) >= 11 is 0. The first-order valence-corrected chi connectivity index (χ1v) is 28.4. The largest absolute Gasteiger partial charge is 0.394 e. The second kappa shape index (κ2) is 23.7. The Kier molecular flexibility index (Phi) is 19.1. The summed E-state index contributed by atoms with van der Waals surface area (Å²) in [5, 5.41) is 161. The van der Waals surface area contributed by atoms with Gasteiger partial charge >= 0.3 is 0 Å². The van der Waals surface area contributed by atoms with Crippen molar-refractivity contribution in [3.63, 3.8) is 0 Å². The highest BCUT2D eigenvalue weighted by Crippen LogP contribution is 2.75.